The van der Waals surface area contributed by atoms with Crippen molar-refractivity contribution in [3.8, 4) is 6.07 Å². The standard InChI is InChI=1S/C13H9ClN4O/c14-9-2-1-8(7-15)11(5-9)18-13(19)12-6-10(16)3-4-17-12/h1-6H,(H2,16,17)(H,18,19). The second-order valence-electron chi connectivity index (χ2n) is 3.73. The number of nitrogens with zero attached hydrogens (tertiary/aromatic N) is 2. The summed E-state index contributed by atoms with van der Waals surface area (Å²) >= 11 is 5.83. The monoisotopic (exact) mass is 272 g/mol. The van der Waals surface area contributed by atoms with Gasteiger partial charge in [0.1, 0.15) is 11.8 Å². The number of hydrogen-bond acceptors (Lipinski definition) is 4. The average molecular weight is 273 g/mol. The highest BCUT2D eigenvalue weighted by molar-refractivity contribution is 6.31. The number of carbonyl (C=O) groups excluding carboxylic acids is 1. The lowest BCUT2D eigenvalue weighted by atomic mass is 10.2. The Hall–Kier alpha value is -2.58. The molecule has 0 aliphatic rings. The molecule has 0 saturated carbocycles. The van der Waals surface area contributed by atoms with E-state index in [-0.39, 0.29) is 5.69 Å². The van der Waals surface area contributed by atoms with Crippen LogP contribution in [-0.4, -0.2) is 10.9 Å². The highest BCUT2D eigenvalue weighted by atomic mass is 35.5. The second kappa shape index (κ2) is 5.38. The van der Waals surface area contributed by atoms with Gasteiger partial charge in [-0.25, -0.2) is 0 Å². The Morgan fingerprint density at radius 2 is 2.16 bits per heavy atom. The summed E-state index contributed by atoms with van der Waals surface area (Å²) < 4.78 is 0. The number of rotatable bonds is 2. The molecule has 1 heterocycles. The van der Waals surface area contributed by atoms with Crippen molar-refractivity contribution >= 4 is 28.9 Å². The van der Waals surface area contributed by atoms with Crippen LogP contribution in [0.1, 0.15) is 16.1 Å². The molecule has 0 aliphatic carbocycles. The van der Waals surface area contributed by atoms with Crippen molar-refractivity contribution in [2.75, 3.05) is 11.1 Å². The van der Waals surface area contributed by atoms with E-state index in [1.54, 1.807) is 12.1 Å². The van der Waals surface area contributed by atoms with Gasteiger partial charge in [0.15, 0.2) is 0 Å². The summed E-state index contributed by atoms with van der Waals surface area (Å²) in [5.41, 5.74) is 6.84. The van der Waals surface area contributed by atoms with Crippen molar-refractivity contribution in [1.29, 1.82) is 5.26 Å². The average Bonchev–Trinajstić information content (AvgIpc) is 2.39. The largest absolute Gasteiger partial charge is 0.399 e. The summed E-state index contributed by atoms with van der Waals surface area (Å²) in [5, 5.41) is 12.0. The number of anilines is 2. The van der Waals surface area contributed by atoms with Crippen molar-refractivity contribution in [3.05, 3.63) is 52.8 Å². The molecule has 0 saturated heterocycles. The van der Waals surface area contributed by atoms with Crippen LogP contribution in [-0.2, 0) is 0 Å². The van der Waals surface area contributed by atoms with Crippen LogP contribution in [0.25, 0.3) is 0 Å². The molecule has 0 fully saturated rings. The lowest BCUT2D eigenvalue weighted by Gasteiger charge is -2.07. The van der Waals surface area contributed by atoms with Crippen LogP contribution in [0.15, 0.2) is 36.5 Å². The first-order valence-corrected chi connectivity index (χ1v) is 5.70. The molecular formula is C13H9ClN4O. The molecule has 0 spiro atoms. The van der Waals surface area contributed by atoms with E-state index in [2.05, 4.69) is 10.3 Å². The number of halogens is 1. The van der Waals surface area contributed by atoms with Crippen molar-refractivity contribution < 1.29 is 4.79 Å². The van der Waals surface area contributed by atoms with E-state index in [1.165, 1.54) is 24.4 Å². The first-order chi connectivity index (χ1) is 9.10. The number of carbonyl (C=O) groups is 1. The fourth-order valence-electron chi connectivity index (χ4n) is 1.47. The summed E-state index contributed by atoms with van der Waals surface area (Å²) in [5.74, 6) is -0.453. The van der Waals surface area contributed by atoms with Gasteiger partial charge in [0.25, 0.3) is 5.91 Å². The van der Waals surface area contributed by atoms with Crippen molar-refractivity contribution in [3.63, 3.8) is 0 Å². The zero-order valence-electron chi connectivity index (χ0n) is 9.72. The zero-order valence-corrected chi connectivity index (χ0v) is 10.5. The van der Waals surface area contributed by atoms with E-state index in [0.29, 0.717) is 22.0 Å². The molecule has 0 radical (unpaired) electrons. The summed E-state index contributed by atoms with van der Waals surface area (Å²) in [4.78, 5) is 15.9. The summed E-state index contributed by atoms with van der Waals surface area (Å²) in [6.45, 7) is 0. The summed E-state index contributed by atoms with van der Waals surface area (Å²) in [7, 11) is 0. The Bertz CT molecular complexity index is 679. The Kier molecular flexibility index (Phi) is 3.64. The van der Waals surface area contributed by atoms with Crippen LogP contribution in [0.3, 0.4) is 0 Å². The number of aromatic nitrogens is 1. The molecule has 3 N–H and O–H groups in total. The number of nitriles is 1. The van der Waals surface area contributed by atoms with Crippen LogP contribution in [0.4, 0.5) is 11.4 Å². The number of benzene rings is 1. The lowest BCUT2D eigenvalue weighted by molar-refractivity contribution is 0.102. The first kappa shape index (κ1) is 12.9. The van der Waals surface area contributed by atoms with Crippen molar-refractivity contribution in [2.45, 2.75) is 0 Å². The second-order valence-corrected chi connectivity index (χ2v) is 4.17. The Balaban J connectivity index is 2.29. The fraction of sp³-hybridized carbons (Fsp3) is 0. The number of amides is 1. The molecule has 0 bridgehead atoms. The van der Waals surface area contributed by atoms with E-state index in [1.807, 2.05) is 6.07 Å². The number of nitrogens with two attached hydrogens (primary N) is 1. The minimum Gasteiger partial charge on any atom is -0.399 e. The highest BCUT2D eigenvalue weighted by Crippen LogP contribution is 2.21. The molecule has 2 rings (SSSR count). The maximum absolute atomic E-state index is 12.0. The van der Waals surface area contributed by atoms with E-state index >= 15 is 0 Å². The molecule has 5 nitrogen and oxygen atoms in total. The number of nitrogen functional groups attached to an aromatic ring is 1. The third kappa shape index (κ3) is 3.00. The minimum atomic E-state index is -0.453. The predicted molar refractivity (Wildman–Crippen MR) is 72.8 cm³/mol. The van der Waals surface area contributed by atoms with Crippen LogP contribution < -0.4 is 11.1 Å². The molecule has 0 atom stereocenters. The molecule has 0 aliphatic heterocycles. The third-order valence-electron chi connectivity index (χ3n) is 2.37. The van der Waals surface area contributed by atoms with Gasteiger partial charge in [-0.1, -0.05) is 11.6 Å². The number of hydrogen-bond donors (Lipinski definition) is 2. The molecule has 19 heavy (non-hydrogen) atoms. The highest BCUT2D eigenvalue weighted by Gasteiger charge is 2.11. The minimum absolute atomic E-state index is 0.170. The molecule has 0 unspecified atom stereocenters. The van der Waals surface area contributed by atoms with Crippen molar-refractivity contribution in [1.82, 2.24) is 4.98 Å². The van der Waals surface area contributed by atoms with Crippen molar-refractivity contribution in [2.24, 2.45) is 0 Å². The van der Waals surface area contributed by atoms with E-state index < -0.39 is 5.91 Å². The van der Waals surface area contributed by atoms with Gasteiger partial charge in [-0.3, -0.25) is 9.78 Å². The Labute approximate surface area is 114 Å². The third-order valence-corrected chi connectivity index (χ3v) is 2.60. The van der Waals surface area contributed by atoms with Gasteiger partial charge in [0, 0.05) is 16.9 Å². The van der Waals surface area contributed by atoms with Gasteiger partial charge in [0.05, 0.1) is 11.3 Å². The summed E-state index contributed by atoms with van der Waals surface area (Å²) in [6, 6.07) is 9.62. The molecular weight excluding hydrogens is 264 g/mol. The zero-order chi connectivity index (χ0) is 13.8. The van der Waals surface area contributed by atoms with E-state index in [0.717, 1.165) is 0 Å². The Morgan fingerprint density at radius 1 is 1.37 bits per heavy atom. The van der Waals surface area contributed by atoms with Gasteiger partial charge in [0.2, 0.25) is 0 Å². The maximum Gasteiger partial charge on any atom is 0.274 e. The Morgan fingerprint density at radius 3 is 2.84 bits per heavy atom. The number of pyridine rings is 1. The fourth-order valence-corrected chi connectivity index (χ4v) is 1.65. The molecule has 1 amide bonds. The van der Waals surface area contributed by atoms with Gasteiger partial charge in [-0.05, 0) is 30.3 Å². The van der Waals surface area contributed by atoms with Crippen LogP contribution in [0, 0.1) is 11.3 Å². The van der Waals surface area contributed by atoms with Gasteiger partial charge >= 0.3 is 0 Å². The topological polar surface area (TPSA) is 91.8 Å². The quantitative estimate of drug-likeness (QED) is 0.878. The molecule has 94 valence electrons. The van der Waals surface area contributed by atoms with E-state index in [4.69, 9.17) is 22.6 Å². The first-order valence-electron chi connectivity index (χ1n) is 5.32. The molecule has 6 heteroatoms. The predicted octanol–water partition coefficient (Wildman–Crippen LogP) is 2.44. The summed E-state index contributed by atoms with van der Waals surface area (Å²) in [6.07, 6.45) is 1.44. The normalized spacial score (nSPS) is 9.68. The lowest BCUT2D eigenvalue weighted by Crippen LogP contribution is -2.14. The molecule has 1 aromatic heterocycles. The van der Waals surface area contributed by atoms with Gasteiger partial charge in [-0.15, -0.1) is 0 Å². The smallest absolute Gasteiger partial charge is 0.274 e. The van der Waals surface area contributed by atoms with Crippen LogP contribution >= 0.6 is 11.6 Å². The van der Waals surface area contributed by atoms with Crippen LogP contribution in [0.5, 0.6) is 0 Å². The maximum atomic E-state index is 12.0. The molecule has 1 aromatic carbocycles. The van der Waals surface area contributed by atoms with Crippen LogP contribution in [0.2, 0.25) is 5.02 Å². The van der Waals surface area contributed by atoms with Gasteiger partial charge in [-0.2, -0.15) is 5.26 Å². The number of nitrogens with one attached hydrogen (secondary N) is 1. The van der Waals surface area contributed by atoms with Gasteiger partial charge < -0.3 is 11.1 Å². The SMILES string of the molecule is N#Cc1ccc(Cl)cc1NC(=O)c1cc(N)ccn1. The molecule has 2 aromatic rings. The van der Waals surface area contributed by atoms with E-state index in [9.17, 15) is 4.79 Å².